The summed E-state index contributed by atoms with van der Waals surface area (Å²) < 4.78 is 5.81. The summed E-state index contributed by atoms with van der Waals surface area (Å²) in [5.41, 5.74) is 3.26. The summed E-state index contributed by atoms with van der Waals surface area (Å²) in [5.74, 6) is 0.785. The number of nitrogens with zero attached hydrogens (tertiary/aromatic N) is 1. The molecule has 0 saturated heterocycles. The van der Waals surface area contributed by atoms with E-state index in [0.29, 0.717) is 16.1 Å². The van der Waals surface area contributed by atoms with E-state index in [2.05, 4.69) is 0 Å². The van der Waals surface area contributed by atoms with Gasteiger partial charge in [-0.2, -0.15) is 5.26 Å². The highest BCUT2D eigenvalue weighted by Gasteiger charge is 2.16. The number of nitriles is 1. The molecule has 2 aromatic carbocycles. The fourth-order valence-corrected chi connectivity index (χ4v) is 2.39. The molecule has 1 N–H and O–H groups in total. The van der Waals surface area contributed by atoms with Gasteiger partial charge < -0.3 is 9.84 Å². The maximum Gasteiger partial charge on any atom is 0.167 e. The Balaban J connectivity index is 2.27. The Morgan fingerprint density at radius 1 is 1.29 bits per heavy atom. The Bertz CT molecular complexity index is 692. The molecule has 0 saturated carbocycles. The van der Waals surface area contributed by atoms with Gasteiger partial charge in [0.05, 0.1) is 6.07 Å². The van der Waals surface area contributed by atoms with Crippen molar-refractivity contribution in [2.75, 3.05) is 0 Å². The average molecular weight is 302 g/mol. The molecule has 21 heavy (non-hydrogen) atoms. The molecule has 0 aromatic heterocycles. The molecular formula is C17H16ClNO2. The summed E-state index contributed by atoms with van der Waals surface area (Å²) in [6.45, 7) is 4.22. The highest BCUT2D eigenvalue weighted by atomic mass is 35.5. The Morgan fingerprint density at radius 2 is 2.05 bits per heavy atom. The first-order valence-corrected chi connectivity index (χ1v) is 6.95. The molecule has 0 unspecified atom stereocenters. The van der Waals surface area contributed by atoms with Gasteiger partial charge in [-0.3, -0.25) is 0 Å². The van der Waals surface area contributed by atoms with Gasteiger partial charge >= 0.3 is 0 Å². The predicted molar refractivity (Wildman–Crippen MR) is 82.3 cm³/mol. The van der Waals surface area contributed by atoms with Gasteiger partial charge in [-0.1, -0.05) is 35.9 Å². The van der Waals surface area contributed by atoms with Crippen LogP contribution in [0.5, 0.6) is 5.75 Å². The van der Waals surface area contributed by atoms with Crippen molar-refractivity contribution in [3.8, 4) is 11.8 Å². The Morgan fingerprint density at radius 3 is 2.76 bits per heavy atom. The SMILES string of the molecule is Cc1ccc(C)c(OCc2cccc(Cl)c2[C@@H](O)C#N)c1. The van der Waals surface area contributed by atoms with Crippen molar-refractivity contribution >= 4 is 11.6 Å². The summed E-state index contributed by atoms with van der Waals surface area (Å²) in [6.07, 6.45) is -1.25. The number of benzene rings is 2. The third-order valence-electron chi connectivity index (χ3n) is 3.27. The second-order valence-corrected chi connectivity index (χ2v) is 5.31. The summed E-state index contributed by atoms with van der Waals surface area (Å²) in [6, 6.07) is 13.0. The molecule has 108 valence electrons. The van der Waals surface area contributed by atoms with Crippen LogP contribution in [0.1, 0.15) is 28.4 Å². The number of hydrogen-bond donors (Lipinski definition) is 1. The van der Waals surface area contributed by atoms with Gasteiger partial charge in [-0.05, 0) is 42.7 Å². The molecule has 3 nitrogen and oxygen atoms in total. The predicted octanol–water partition coefficient (Wildman–Crippen LogP) is 4.09. The van der Waals surface area contributed by atoms with Gasteiger partial charge in [0.25, 0.3) is 0 Å². The Hall–Kier alpha value is -2.02. The Labute approximate surface area is 129 Å². The van der Waals surface area contributed by atoms with Crippen LogP contribution in [0.15, 0.2) is 36.4 Å². The van der Waals surface area contributed by atoms with Crippen LogP contribution in [0.4, 0.5) is 0 Å². The lowest BCUT2D eigenvalue weighted by Crippen LogP contribution is -2.05. The number of hydrogen-bond acceptors (Lipinski definition) is 3. The summed E-state index contributed by atoms with van der Waals surface area (Å²) >= 11 is 6.07. The van der Waals surface area contributed by atoms with Crippen LogP contribution in [0.3, 0.4) is 0 Å². The van der Waals surface area contributed by atoms with Crippen LogP contribution in [0.25, 0.3) is 0 Å². The number of aliphatic hydroxyl groups is 1. The highest BCUT2D eigenvalue weighted by molar-refractivity contribution is 6.31. The normalized spacial score (nSPS) is 11.8. The maximum absolute atomic E-state index is 9.79. The number of aliphatic hydroxyl groups excluding tert-OH is 1. The van der Waals surface area contributed by atoms with Gasteiger partial charge in [0.1, 0.15) is 12.4 Å². The lowest BCUT2D eigenvalue weighted by molar-refractivity contribution is 0.229. The second kappa shape index (κ2) is 6.62. The van der Waals surface area contributed by atoms with Crippen molar-refractivity contribution in [1.29, 1.82) is 5.26 Å². The zero-order chi connectivity index (χ0) is 15.4. The minimum Gasteiger partial charge on any atom is -0.489 e. The van der Waals surface area contributed by atoms with Crippen molar-refractivity contribution in [2.24, 2.45) is 0 Å². The molecule has 2 rings (SSSR count). The quantitative estimate of drug-likeness (QED) is 0.865. The van der Waals surface area contributed by atoms with Gasteiger partial charge in [0.15, 0.2) is 6.10 Å². The fourth-order valence-electron chi connectivity index (χ4n) is 2.10. The number of aryl methyl sites for hydroxylation is 2. The molecule has 0 aliphatic carbocycles. The van der Waals surface area contributed by atoms with E-state index in [0.717, 1.165) is 16.9 Å². The van der Waals surface area contributed by atoms with Crippen LogP contribution in [-0.4, -0.2) is 5.11 Å². The first kappa shape index (κ1) is 15.4. The van der Waals surface area contributed by atoms with Crippen molar-refractivity contribution in [3.05, 3.63) is 63.7 Å². The lowest BCUT2D eigenvalue weighted by Gasteiger charge is -2.15. The summed E-state index contributed by atoms with van der Waals surface area (Å²) in [7, 11) is 0. The zero-order valence-corrected chi connectivity index (χ0v) is 12.7. The van der Waals surface area contributed by atoms with Crippen LogP contribution < -0.4 is 4.74 Å². The van der Waals surface area contributed by atoms with Gasteiger partial charge in [-0.15, -0.1) is 0 Å². The van der Waals surface area contributed by atoms with Crippen LogP contribution in [-0.2, 0) is 6.61 Å². The van der Waals surface area contributed by atoms with E-state index in [1.165, 1.54) is 0 Å². The molecule has 0 bridgehead atoms. The third-order valence-corrected chi connectivity index (χ3v) is 3.60. The smallest absolute Gasteiger partial charge is 0.167 e. The summed E-state index contributed by atoms with van der Waals surface area (Å²) in [5, 5.41) is 19.1. The van der Waals surface area contributed by atoms with E-state index in [1.807, 2.05) is 32.0 Å². The molecule has 0 amide bonds. The van der Waals surface area contributed by atoms with Crippen LogP contribution in [0, 0.1) is 25.2 Å². The highest BCUT2D eigenvalue weighted by Crippen LogP contribution is 2.28. The summed E-state index contributed by atoms with van der Waals surface area (Å²) in [4.78, 5) is 0. The van der Waals surface area contributed by atoms with Crippen LogP contribution in [0.2, 0.25) is 5.02 Å². The lowest BCUT2D eigenvalue weighted by atomic mass is 10.0. The van der Waals surface area contributed by atoms with E-state index in [-0.39, 0.29) is 6.61 Å². The molecular weight excluding hydrogens is 286 g/mol. The molecule has 0 heterocycles. The van der Waals surface area contributed by atoms with Crippen molar-refractivity contribution < 1.29 is 9.84 Å². The first-order chi connectivity index (χ1) is 10.0. The van der Waals surface area contributed by atoms with E-state index >= 15 is 0 Å². The standard InChI is InChI=1S/C17H16ClNO2/c1-11-6-7-12(2)16(8-11)21-10-13-4-3-5-14(18)17(13)15(20)9-19/h3-8,15,20H,10H2,1-2H3/t15-/m0/s1. The molecule has 0 radical (unpaired) electrons. The first-order valence-electron chi connectivity index (χ1n) is 6.58. The second-order valence-electron chi connectivity index (χ2n) is 4.90. The van der Waals surface area contributed by atoms with Gasteiger partial charge in [-0.25, -0.2) is 0 Å². The van der Waals surface area contributed by atoms with Crippen molar-refractivity contribution in [2.45, 2.75) is 26.6 Å². The molecule has 1 atom stereocenters. The molecule has 0 spiro atoms. The zero-order valence-electron chi connectivity index (χ0n) is 11.9. The monoisotopic (exact) mass is 301 g/mol. The van der Waals surface area contributed by atoms with Gasteiger partial charge in [0.2, 0.25) is 0 Å². The molecule has 0 aliphatic rings. The minimum absolute atomic E-state index is 0.249. The minimum atomic E-state index is -1.25. The Kier molecular flexibility index (Phi) is 4.85. The van der Waals surface area contributed by atoms with Crippen LogP contribution >= 0.6 is 11.6 Å². The largest absolute Gasteiger partial charge is 0.489 e. The third kappa shape index (κ3) is 3.55. The van der Waals surface area contributed by atoms with E-state index in [9.17, 15) is 5.11 Å². The van der Waals surface area contributed by atoms with Crippen molar-refractivity contribution in [1.82, 2.24) is 0 Å². The fraction of sp³-hybridized carbons (Fsp3) is 0.235. The molecule has 0 aliphatic heterocycles. The maximum atomic E-state index is 9.79. The molecule has 4 heteroatoms. The number of ether oxygens (including phenoxy) is 1. The number of rotatable bonds is 4. The molecule has 0 fully saturated rings. The van der Waals surface area contributed by atoms with Crippen molar-refractivity contribution in [3.63, 3.8) is 0 Å². The average Bonchev–Trinajstić information content (AvgIpc) is 2.47. The molecule has 2 aromatic rings. The van der Waals surface area contributed by atoms with E-state index in [1.54, 1.807) is 24.3 Å². The number of halogens is 1. The van der Waals surface area contributed by atoms with E-state index in [4.69, 9.17) is 21.6 Å². The topological polar surface area (TPSA) is 53.2 Å². The van der Waals surface area contributed by atoms with E-state index < -0.39 is 6.10 Å². The van der Waals surface area contributed by atoms with Gasteiger partial charge in [0, 0.05) is 10.6 Å².